The number of ether oxygens (including phenoxy) is 2. The van der Waals surface area contributed by atoms with Crippen LogP contribution in [0.15, 0.2) is 18.2 Å². The summed E-state index contributed by atoms with van der Waals surface area (Å²) in [6.07, 6.45) is 4.11. The van der Waals surface area contributed by atoms with Crippen LogP contribution in [0.1, 0.15) is 55.8 Å². The predicted octanol–water partition coefficient (Wildman–Crippen LogP) is 2.33. The zero-order chi connectivity index (χ0) is 22.0. The number of nitrogens with one attached hydrogen (secondary N) is 2. The minimum atomic E-state index is -0.295. The molecule has 2 heterocycles. The number of hydrogen-bond donors (Lipinski definition) is 2. The average molecular weight is 430 g/mol. The summed E-state index contributed by atoms with van der Waals surface area (Å²) in [5.41, 5.74) is 1.00. The summed E-state index contributed by atoms with van der Waals surface area (Å²) >= 11 is 0. The maximum Gasteiger partial charge on any atom is 0.257 e. The third-order valence-corrected chi connectivity index (χ3v) is 6.31. The second kappa shape index (κ2) is 9.26. The lowest BCUT2D eigenvalue weighted by atomic mass is 9.94. The predicted molar refractivity (Wildman–Crippen MR) is 115 cm³/mol. The molecule has 3 aliphatic rings. The van der Waals surface area contributed by atoms with Gasteiger partial charge in [-0.15, -0.1) is 0 Å². The van der Waals surface area contributed by atoms with Crippen molar-refractivity contribution in [3.8, 4) is 5.75 Å². The van der Waals surface area contributed by atoms with E-state index in [0.717, 1.165) is 19.4 Å². The molecule has 2 fully saturated rings. The van der Waals surface area contributed by atoms with E-state index in [-0.39, 0.29) is 36.0 Å². The van der Waals surface area contributed by atoms with Crippen molar-refractivity contribution >= 4 is 23.4 Å². The molecule has 8 nitrogen and oxygen atoms in total. The van der Waals surface area contributed by atoms with Gasteiger partial charge < -0.3 is 25.0 Å². The van der Waals surface area contributed by atoms with E-state index in [0.29, 0.717) is 42.4 Å². The van der Waals surface area contributed by atoms with Crippen LogP contribution in [0.3, 0.4) is 0 Å². The summed E-state index contributed by atoms with van der Waals surface area (Å²) in [6, 6.07) is 4.98. The van der Waals surface area contributed by atoms with Crippen molar-refractivity contribution in [2.24, 2.45) is 5.92 Å². The summed E-state index contributed by atoms with van der Waals surface area (Å²) in [4.78, 5) is 38.8. The molecule has 0 unspecified atom stereocenters. The lowest BCUT2D eigenvalue weighted by Gasteiger charge is -2.42. The van der Waals surface area contributed by atoms with Gasteiger partial charge in [-0.05, 0) is 49.8 Å². The number of benzene rings is 1. The largest absolute Gasteiger partial charge is 0.490 e. The first-order valence-electron chi connectivity index (χ1n) is 11.2. The maximum atomic E-state index is 13.2. The van der Waals surface area contributed by atoms with Crippen molar-refractivity contribution in [1.82, 2.24) is 10.2 Å². The number of likely N-dealkylation sites (N-methyl/N-ethyl adjacent to an activating group) is 1. The zero-order valence-corrected chi connectivity index (χ0v) is 18.2. The minimum absolute atomic E-state index is 0.0264. The molecule has 168 valence electrons. The number of carbonyl (C=O) groups is 3. The van der Waals surface area contributed by atoms with Gasteiger partial charge in [0.1, 0.15) is 18.5 Å². The van der Waals surface area contributed by atoms with Crippen molar-refractivity contribution in [2.75, 3.05) is 25.5 Å². The number of anilines is 1. The Morgan fingerprint density at radius 2 is 1.97 bits per heavy atom. The molecule has 1 aliphatic carbocycles. The van der Waals surface area contributed by atoms with Gasteiger partial charge in [-0.1, -0.05) is 6.92 Å². The van der Waals surface area contributed by atoms with E-state index in [1.165, 1.54) is 12.8 Å². The molecule has 2 aliphatic heterocycles. The van der Waals surface area contributed by atoms with Crippen LogP contribution in [0.2, 0.25) is 0 Å². The highest BCUT2D eigenvalue weighted by Gasteiger charge is 2.39. The zero-order valence-electron chi connectivity index (χ0n) is 18.2. The number of carbonyl (C=O) groups excluding carboxylic acids is 3. The van der Waals surface area contributed by atoms with Crippen LogP contribution in [0.25, 0.3) is 0 Å². The number of rotatable bonds is 6. The second-order valence-corrected chi connectivity index (χ2v) is 8.73. The molecular formula is C23H31N3O5. The van der Waals surface area contributed by atoms with E-state index < -0.39 is 0 Å². The standard InChI is InChI=1S/C23H31N3O5/c1-3-21(27)25-15-6-9-19-17(10-15)23(29)26(2)18-8-7-16(31-20(18)13-30-19)11-22(28)24-12-14-4-5-14/h6,9-10,14,16,18,20H,3-5,7-8,11-13H2,1-2H3,(H,24,28)(H,25,27)/t16-,18-,20-/m0/s1. The molecule has 1 aromatic carbocycles. The van der Waals surface area contributed by atoms with Crippen LogP contribution in [0.4, 0.5) is 5.69 Å². The van der Waals surface area contributed by atoms with E-state index in [1.54, 1.807) is 37.1 Å². The Hall–Kier alpha value is -2.61. The Bertz CT molecular complexity index is 854. The van der Waals surface area contributed by atoms with Crippen LogP contribution in [-0.2, 0) is 14.3 Å². The molecule has 0 radical (unpaired) electrons. The number of amides is 3. The van der Waals surface area contributed by atoms with Crippen molar-refractivity contribution < 1.29 is 23.9 Å². The fraction of sp³-hybridized carbons (Fsp3) is 0.609. The van der Waals surface area contributed by atoms with E-state index >= 15 is 0 Å². The molecule has 31 heavy (non-hydrogen) atoms. The highest BCUT2D eigenvalue weighted by Crippen LogP contribution is 2.32. The summed E-state index contributed by atoms with van der Waals surface area (Å²) in [6.45, 7) is 2.84. The van der Waals surface area contributed by atoms with Gasteiger partial charge in [0.25, 0.3) is 5.91 Å². The molecule has 8 heteroatoms. The molecule has 4 rings (SSSR count). The first kappa shape index (κ1) is 21.6. The molecule has 1 saturated heterocycles. The topological polar surface area (TPSA) is 97.0 Å². The van der Waals surface area contributed by atoms with Crippen LogP contribution in [0, 0.1) is 5.92 Å². The summed E-state index contributed by atoms with van der Waals surface area (Å²) in [7, 11) is 1.78. The van der Waals surface area contributed by atoms with Crippen LogP contribution in [-0.4, -0.2) is 61.1 Å². The van der Waals surface area contributed by atoms with E-state index in [1.807, 2.05) is 0 Å². The summed E-state index contributed by atoms with van der Waals surface area (Å²) in [5.74, 6) is 0.869. The maximum absolute atomic E-state index is 13.2. The Morgan fingerprint density at radius 1 is 1.16 bits per heavy atom. The first-order chi connectivity index (χ1) is 14.9. The Labute approximate surface area is 182 Å². The average Bonchev–Trinajstić information content (AvgIpc) is 3.59. The summed E-state index contributed by atoms with van der Waals surface area (Å²) in [5, 5.41) is 5.78. The van der Waals surface area contributed by atoms with Crippen LogP contribution in [0.5, 0.6) is 5.75 Å². The number of fused-ring (bicyclic) bond motifs is 2. The second-order valence-electron chi connectivity index (χ2n) is 8.73. The first-order valence-corrected chi connectivity index (χ1v) is 11.2. The van der Waals surface area contributed by atoms with Crippen molar-refractivity contribution in [1.29, 1.82) is 0 Å². The fourth-order valence-electron chi connectivity index (χ4n) is 4.21. The van der Waals surface area contributed by atoms with Gasteiger partial charge in [0.05, 0.1) is 24.1 Å². The SMILES string of the molecule is CCC(=O)Nc1ccc2c(c1)C(=O)N(C)[C@H]1CC[C@@H](CC(=O)NCC3CC3)O[C@H]1CO2. The van der Waals surface area contributed by atoms with Crippen molar-refractivity contribution in [2.45, 2.75) is 63.7 Å². The molecule has 1 aromatic rings. The lowest BCUT2D eigenvalue weighted by Crippen LogP contribution is -2.54. The monoisotopic (exact) mass is 429 g/mol. The van der Waals surface area contributed by atoms with Gasteiger partial charge in [-0.2, -0.15) is 0 Å². The van der Waals surface area contributed by atoms with E-state index in [4.69, 9.17) is 9.47 Å². The molecule has 1 saturated carbocycles. The quantitative estimate of drug-likeness (QED) is 0.724. The molecular weight excluding hydrogens is 398 g/mol. The highest BCUT2D eigenvalue weighted by atomic mass is 16.5. The molecule has 3 amide bonds. The molecule has 3 atom stereocenters. The number of hydrogen-bond acceptors (Lipinski definition) is 5. The van der Waals surface area contributed by atoms with Gasteiger partial charge in [0.2, 0.25) is 11.8 Å². The number of nitrogens with zero attached hydrogens (tertiary/aromatic N) is 1. The van der Waals surface area contributed by atoms with Gasteiger partial charge in [-0.25, -0.2) is 0 Å². The fourth-order valence-corrected chi connectivity index (χ4v) is 4.21. The molecule has 2 N–H and O–H groups in total. The van der Waals surface area contributed by atoms with Crippen LogP contribution >= 0.6 is 0 Å². The van der Waals surface area contributed by atoms with Crippen LogP contribution < -0.4 is 15.4 Å². The summed E-state index contributed by atoms with van der Waals surface area (Å²) < 4.78 is 12.2. The Morgan fingerprint density at radius 3 is 2.71 bits per heavy atom. The Balaban J connectivity index is 1.42. The van der Waals surface area contributed by atoms with E-state index in [2.05, 4.69) is 10.6 Å². The van der Waals surface area contributed by atoms with Crippen molar-refractivity contribution in [3.63, 3.8) is 0 Å². The molecule has 0 aromatic heterocycles. The van der Waals surface area contributed by atoms with E-state index in [9.17, 15) is 14.4 Å². The lowest BCUT2D eigenvalue weighted by molar-refractivity contribution is -0.134. The normalized spacial score (nSPS) is 25.4. The Kier molecular flexibility index (Phi) is 6.46. The third kappa shape index (κ3) is 5.18. The van der Waals surface area contributed by atoms with Gasteiger partial charge >= 0.3 is 0 Å². The highest BCUT2D eigenvalue weighted by molar-refractivity contribution is 5.99. The van der Waals surface area contributed by atoms with Gasteiger partial charge in [0, 0.05) is 25.7 Å². The molecule has 0 bridgehead atoms. The smallest absolute Gasteiger partial charge is 0.257 e. The van der Waals surface area contributed by atoms with Gasteiger partial charge in [-0.3, -0.25) is 14.4 Å². The van der Waals surface area contributed by atoms with Crippen molar-refractivity contribution in [3.05, 3.63) is 23.8 Å². The van der Waals surface area contributed by atoms with Gasteiger partial charge in [0.15, 0.2) is 0 Å². The molecule has 0 spiro atoms. The third-order valence-electron chi connectivity index (χ3n) is 6.31. The minimum Gasteiger partial charge on any atom is -0.490 e.